The lowest BCUT2D eigenvalue weighted by molar-refractivity contribution is 0.254. The number of nitrogen functional groups attached to an aromatic ring is 1. The van der Waals surface area contributed by atoms with Crippen LogP contribution in [0.2, 0.25) is 0 Å². The highest BCUT2D eigenvalue weighted by Gasteiger charge is 2.19. The van der Waals surface area contributed by atoms with Crippen molar-refractivity contribution in [2.24, 2.45) is 0 Å². The second kappa shape index (κ2) is 5.75. The fraction of sp³-hybridized carbons (Fsp3) is 0.0588. The van der Waals surface area contributed by atoms with Crippen LogP contribution in [0.15, 0.2) is 53.4 Å². The van der Waals surface area contributed by atoms with Crippen LogP contribution >= 0.6 is 0 Å². The number of aryl methyl sites for hydroxylation is 1. The van der Waals surface area contributed by atoms with Crippen molar-refractivity contribution in [3.8, 4) is 11.5 Å². The smallest absolute Gasteiger partial charge is 0.332 e. The number of anilines is 2. The minimum atomic E-state index is -0.389. The second-order valence-corrected chi connectivity index (χ2v) is 5.44. The summed E-state index contributed by atoms with van der Waals surface area (Å²) in [5.41, 5.74) is 8.64. The van der Waals surface area contributed by atoms with Crippen molar-refractivity contribution in [1.29, 1.82) is 0 Å². The summed E-state index contributed by atoms with van der Waals surface area (Å²) in [6.45, 7) is 1.91. The first kappa shape index (κ1) is 14.9. The van der Waals surface area contributed by atoms with Gasteiger partial charge in [-0.05, 0) is 30.7 Å². The summed E-state index contributed by atoms with van der Waals surface area (Å²) in [7, 11) is 0. The number of aromatic nitrogens is 4. The monoisotopic (exact) mass is 334 g/mol. The predicted octanol–water partition coefficient (Wildman–Crippen LogP) is 3.06. The topological polar surface area (TPSA) is 112 Å². The predicted molar refractivity (Wildman–Crippen MR) is 93.0 cm³/mol. The van der Waals surface area contributed by atoms with Gasteiger partial charge in [0.15, 0.2) is 11.4 Å². The fourth-order valence-corrected chi connectivity index (χ4v) is 2.54. The molecule has 0 aliphatic carbocycles. The number of benzene rings is 1. The Labute approximate surface area is 142 Å². The average Bonchev–Trinajstić information content (AvgIpc) is 3.25. The highest BCUT2D eigenvalue weighted by Crippen LogP contribution is 2.26. The molecule has 8 nitrogen and oxygen atoms in total. The molecular weight excluding hydrogens is 320 g/mol. The summed E-state index contributed by atoms with van der Waals surface area (Å²) in [4.78, 5) is 25.2. The van der Waals surface area contributed by atoms with E-state index in [1.807, 2.05) is 31.2 Å². The summed E-state index contributed by atoms with van der Waals surface area (Å²) in [6, 6.07) is 10.6. The number of rotatable bonds is 2. The molecule has 3 aromatic heterocycles. The van der Waals surface area contributed by atoms with Gasteiger partial charge in [0.05, 0.1) is 6.26 Å². The van der Waals surface area contributed by atoms with E-state index in [1.54, 1.807) is 12.1 Å². The number of carbonyl (C=O) groups is 1. The van der Waals surface area contributed by atoms with Gasteiger partial charge in [-0.1, -0.05) is 18.2 Å². The lowest BCUT2D eigenvalue weighted by Gasteiger charge is -2.08. The number of hydrogen-bond donors (Lipinski definition) is 2. The summed E-state index contributed by atoms with van der Waals surface area (Å²) >= 11 is 0. The maximum Gasteiger partial charge on any atom is 0.332 e. The van der Waals surface area contributed by atoms with E-state index in [1.165, 1.54) is 17.2 Å². The van der Waals surface area contributed by atoms with Gasteiger partial charge in [0.1, 0.15) is 17.5 Å². The molecule has 0 radical (unpaired) electrons. The van der Waals surface area contributed by atoms with Gasteiger partial charge in [0, 0.05) is 5.69 Å². The molecule has 0 unspecified atom stereocenters. The number of para-hydroxylation sites is 1. The molecule has 0 aliphatic heterocycles. The highest BCUT2D eigenvalue weighted by molar-refractivity contribution is 5.99. The third kappa shape index (κ3) is 2.59. The van der Waals surface area contributed by atoms with Crippen LogP contribution in [0.3, 0.4) is 0 Å². The molecular formula is C17H14N6O2. The van der Waals surface area contributed by atoms with Gasteiger partial charge in [0.25, 0.3) is 0 Å². The molecule has 3 heterocycles. The number of nitrogens with zero attached hydrogens (tertiary/aromatic N) is 4. The largest absolute Gasteiger partial charge is 0.463 e. The third-order valence-electron chi connectivity index (χ3n) is 3.77. The molecule has 0 bridgehead atoms. The van der Waals surface area contributed by atoms with Crippen molar-refractivity contribution in [1.82, 2.24) is 19.5 Å². The van der Waals surface area contributed by atoms with E-state index in [0.717, 1.165) is 5.56 Å². The highest BCUT2D eigenvalue weighted by atomic mass is 16.3. The Balaban J connectivity index is 1.79. The van der Waals surface area contributed by atoms with E-state index in [-0.39, 0.29) is 12.0 Å². The van der Waals surface area contributed by atoms with Crippen molar-refractivity contribution >= 4 is 28.8 Å². The van der Waals surface area contributed by atoms with E-state index in [2.05, 4.69) is 20.3 Å². The van der Waals surface area contributed by atoms with Crippen LogP contribution < -0.4 is 11.1 Å². The quantitative estimate of drug-likeness (QED) is 0.582. The van der Waals surface area contributed by atoms with Crippen LogP contribution in [-0.4, -0.2) is 25.6 Å². The van der Waals surface area contributed by atoms with Crippen LogP contribution in [0, 0.1) is 6.92 Å². The number of hydrogen-bond acceptors (Lipinski definition) is 6. The van der Waals surface area contributed by atoms with Gasteiger partial charge in [-0.2, -0.15) is 4.98 Å². The van der Waals surface area contributed by atoms with E-state index < -0.39 is 0 Å². The maximum absolute atomic E-state index is 12.6. The SMILES string of the molecule is Cc1ccccc1NC(=O)n1cnc2c(-c3ccco3)nc(N)nc21. The first-order valence-electron chi connectivity index (χ1n) is 7.55. The summed E-state index contributed by atoms with van der Waals surface area (Å²) < 4.78 is 6.67. The van der Waals surface area contributed by atoms with E-state index in [0.29, 0.717) is 28.3 Å². The average molecular weight is 334 g/mol. The number of furan rings is 1. The Kier molecular flexibility index (Phi) is 3.42. The zero-order valence-electron chi connectivity index (χ0n) is 13.3. The van der Waals surface area contributed by atoms with Crippen molar-refractivity contribution in [3.63, 3.8) is 0 Å². The van der Waals surface area contributed by atoms with Gasteiger partial charge >= 0.3 is 6.03 Å². The Morgan fingerprint density at radius 3 is 2.80 bits per heavy atom. The van der Waals surface area contributed by atoms with Crippen LogP contribution in [0.4, 0.5) is 16.4 Å². The molecule has 1 aromatic carbocycles. The van der Waals surface area contributed by atoms with Crippen molar-refractivity contribution in [2.75, 3.05) is 11.1 Å². The first-order chi connectivity index (χ1) is 12.1. The molecule has 8 heteroatoms. The lowest BCUT2D eigenvalue weighted by Crippen LogP contribution is -2.19. The van der Waals surface area contributed by atoms with Crippen LogP contribution in [0.1, 0.15) is 5.56 Å². The Morgan fingerprint density at radius 2 is 2.04 bits per heavy atom. The number of nitrogens with one attached hydrogen (secondary N) is 1. The van der Waals surface area contributed by atoms with Crippen molar-refractivity contribution in [3.05, 3.63) is 54.6 Å². The number of fused-ring (bicyclic) bond motifs is 1. The molecule has 0 saturated heterocycles. The molecule has 4 aromatic rings. The summed E-state index contributed by atoms with van der Waals surface area (Å²) in [5.74, 6) is 0.535. The lowest BCUT2D eigenvalue weighted by atomic mass is 10.2. The van der Waals surface area contributed by atoms with E-state index >= 15 is 0 Å². The van der Waals surface area contributed by atoms with E-state index in [4.69, 9.17) is 10.2 Å². The molecule has 124 valence electrons. The van der Waals surface area contributed by atoms with Crippen LogP contribution in [0.5, 0.6) is 0 Å². The normalized spacial score (nSPS) is 10.9. The van der Waals surface area contributed by atoms with Crippen LogP contribution in [0.25, 0.3) is 22.6 Å². The summed E-state index contributed by atoms with van der Waals surface area (Å²) in [5, 5.41) is 2.84. The standard InChI is InChI=1S/C17H14N6O2/c1-10-5-2-3-6-11(10)20-17(24)23-9-19-14-13(12-7-4-8-25-12)21-16(18)22-15(14)23/h2-9H,1H3,(H,20,24)(H2,18,21,22). The molecule has 4 rings (SSSR count). The molecule has 0 fully saturated rings. The number of carbonyl (C=O) groups excluding carboxylic acids is 1. The van der Waals surface area contributed by atoms with Gasteiger partial charge in [-0.3, -0.25) is 0 Å². The molecule has 0 spiro atoms. The Hall–Kier alpha value is -3.68. The van der Waals surface area contributed by atoms with Gasteiger partial charge < -0.3 is 15.5 Å². The molecule has 3 N–H and O–H groups in total. The second-order valence-electron chi connectivity index (χ2n) is 5.44. The maximum atomic E-state index is 12.6. The van der Waals surface area contributed by atoms with Crippen molar-refractivity contribution < 1.29 is 9.21 Å². The zero-order chi connectivity index (χ0) is 17.4. The number of imidazole rings is 1. The minimum Gasteiger partial charge on any atom is -0.463 e. The van der Waals surface area contributed by atoms with Crippen molar-refractivity contribution in [2.45, 2.75) is 6.92 Å². The van der Waals surface area contributed by atoms with Gasteiger partial charge in [0.2, 0.25) is 5.95 Å². The fourth-order valence-electron chi connectivity index (χ4n) is 2.54. The minimum absolute atomic E-state index is 0.0318. The van der Waals surface area contributed by atoms with E-state index in [9.17, 15) is 4.79 Å². The molecule has 25 heavy (non-hydrogen) atoms. The Morgan fingerprint density at radius 1 is 1.20 bits per heavy atom. The molecule has 1 amide bonds. The number of nitrogens with two attached hydrogens (primary N) is 1. The first-order valence-corrected chi connectivity index (χ1v) is 7.55. The molecule has 0 aliphatic rings. The van der Waals surface area contributed by atoms with Gasteiger partial charge in [-0.15, -0.1) is 0 Å². The van der Waals surface area contributed by atoms with Crippen LogP contribution in [-0.2, 0) is 0 Å². The Bertz CT molecular complexity index is 1070. The molecule has 0 atom stereocenters. The molecule has 0 saturated carbocycles. The van der Waals surface area contributed by atoms with Gasteiger partial charge in [-0.25, -0.2) is 19.3 Å². The summed E-state index contributed by atoms with van der Waals surface area (Å²) in [6.07, 6.45) is 2.92. The third-order valence-corrected chi connectivity index (χ3v) is 3.77. The zero-order valence-corrected chi connectivity index (χ0v) is 13.3. The number of amides is 1.